The van der Waals surface area contributed by atoms with E-state index < -0.39 is 10.0 Å². The van der Waals surface area contributed by atoms with Crippen LogP contribution < -0.4 is 10.5 Å². The van der Waals surface area contributed by atoms with Crippen molar-refractivity contribution in [2.24, 2.45) is 11.8 Å². The number of sulfonamides is 1. The molecule has 0 aromatic heterocycles. The van der Waals surface area contributed by atoms with Gasteiger partial charge in [-0.1, -0.05) is 13.8 Å². The third kappa shape index (κ3) is 3.12. The standard InChI is InChI=1S/C13H19BrN2O2S/c1-8-3-5-12(9(8)2)16-19(17,18)13-6-4-10(15)7-11(13)14/h4,6-9,12,16H,3,5,15H2,1-2H3. The summed E-state index contributed by atoms with van der Waals surface area (Å²) < 4.78 is 28.1. The van der Waals surface area contributed by atoms with E-state index in [-0.39, 0.29) is 10.9 Å². The SMILES string of the molecule is CC1CCC(NS(=O)(=O)c2ccc(N)cc2Br)C1C. The van der Waals surface area contributed by atoms with Crippen molar-refractivity contribution in [1.82, 2.24) is 4.72 Å². The molecule has 0 bridgehead atoms. The molecule has 0 aliphatic heterocycles. The van der Waals surface area contributed by atoms with Crippen LogP contribution in [0.2, 0.25) is 0 Å². The molecule has 0 radical (unpaired) electrons. The van der Waals surface area contributed by atoms with Crippen molar-refractivity contribution < 1.29 is 8.42 Å². The molecule has 0 spiro atoms. The highest BCUT2D eigenvalue weighted by Gasteiger charge is 2.33. The van der Waals surface area contributed by atoms with Crippen LogP contribution >= 0.6 is 15.9 Å². The van der Waals surface area contributed by atoms with Crippen molar-refractivity contribution in [3.63, 3.8) is 0 Å². The van der Waals surface area contributed by atoms with Crippen LogP contribution in [0.25, 0.3) is 0 Å². The van der Waals surface area contributed by atoms with Crippen LogP contribution in [-0.2, 0) is 10.0 Å². The Balaban J connectivity index is 2.23. The first-order valence-electron chi connectivity index (χ1n) is 6.38. The van der Waals surface area contributed by atoms with Gasteiger partial charge < -0.3 is 5.73 Å². The van der Waals surface area contributed by atoms with E-state index in [4.69, 9.17) is 5.73 Å². The Hall–Kier alpha value is -0.590. The lowest BCUT2D eigenvalue weighted by Gasteiger charge is -2.20. The number of rotatable bonds is 3. The summed E-state index contributed by atoms with van der Waals surface area (Å²) in [6.07, 6.45) is 1.96. The van der Waals surface area contributed by atoms with E-state index in [0.717, 1.165) is 12.8 Å². The van der Waals surface area contributed by atoms with E-state index in [1.165, 1.54) is 6.07 Å². The van der Waals surface area contributed by atoms with E-state index in [9.17, 15) is 8.42 Å². The van der Waals surface area contributed by atoms with Gasteiger partial charge in [0, 0.05) is 16.2 Å². The van der Waals surface area contributed by atoms with Gasteiger partial charge in [0.05, 0.1) is 4.90 Å². The molecule has 1 saturated carbocycles. The maximum atomic E-state index is 12.4. The molecule has 0 heterocycles. The van der Waals surface area contributed by atoms with Gasteiger partial charge in [0.25, 0.3) is 0 Å². The largest absolute Gasteiger partial charge is 0.399 e. The molecule has 1 aliphatic rings. The topological polar surface area (TPSA) is 72.2 Å². The summed E-state index contributed by atoms with van der Waals surface area (Å²) >= 11 is 3.26. The van der Waals surface area contributed by atoms with Gasteiger partial charge in [-0.15, -0.1) is 0 Å². The van der Waals surface area contributed by atoms with Gasteiger partial charge in [-0.2, -0.15) is 0 Å². The lowest BCUT2D eigenvalue weighted by molar-refractivity contribution is 0.402. The molecular formula is C13H19BrN2O2S. The van der Waals surface area contributed by atoms with Gasteiger partial charge >= 0.3 is 0 Å². The van der Waals surface area contributed by atoms with Crippen molar-refractivity contribution in [3.05, 3.63) is 22.7 Å². The van der Waals surface area contributed by atoms with Crippen LogP contribution in [0.15, 0.2) is 27.6 Å². The summed E-state index contributed by atoms with van der Waals surface area (Å²) in [6, 6.07) is 4.75. The van der Waals surface area contributed by atoms with E-state index >= 15 is 0 Å². The summed E-state index contributed by atoms with van der Waals surface area (Å²) in [5, 5.41) is 0. The predicted octanol–water partition coefficient (Wildman–Crippen LogP) is 2.74. The zero-order chi connectivity index (χ0) is 14.2. The first-order valence-corrected chi connectivity index (χ1v) is 8.66. The predicted molar refractivity (Wildman–Crippen MR) is 80.2 cm³/mol. The molecule has 1 aromatic carbocycles. The van der Waals surface area contributed by atoms with Gasteiger partial charge in [-0.05, 0) is 58.8 Å². The molecule has 4 nitrogen and oxygen atoms in total. The second-order valence-corrected chi connectivity index (χ2v) is 7.87. The Morgan fingerprint density at radius 1 is 1.32 bits per heavy atom. The molecule has 2 rings (SSSR count). The molecule has 3 atom stereocenters. The van der Waals surface area contributed by atoms with Crippen molar-refractivity contribution >= 4 is 31.6 Å². The van der Waals surface area contributed by atoms with E-state index in [1.807, 2.05) is 0 Å². The zero-order valence-electron chi connectivity index (χ0n) is 11.1. The maximum Gasteiger partial charge on any atom is 0.241 e. The zero-order valence-corrected chi connectivity index (χ0v) is 13.5. The Labute approximate surface area is 122 Å². The summed E-state index contributed by atoms with van der Waals surface area (Å²) in [7, 11) is -3.50. The highest BCUT2D eigenvalue weighted by Crippen LogP contribution is 2.33. The van der Waals surface area contributed by atoms with Crippen LogP contribution in [0.3, 0.4) is 0 Å². The van der Waals surface area contributed by atoms with Crippen LogP contribution in [0, 0.1) is 11.8 Å². The number of nitrogens with one attached hydrogen (secondary N) is 1. The average molecular weight is 347 g/mol. The first kappa shape index (κ1) is 14.8. The summed E-state index contributed by atoms with van der Waals surface area (Å²) in [5.41, 5.74) is 6.17. The average Bonchev–Trinajstić information content (AvgIpc) is 2.60. The summed E-state index contributed by atoms with van der Waals surface area (Å²) in [6.45, 7) is 4.26. The fourth-order valence-electron chi connectivity index (χ4n) is 2.53. The highest BCUT2D eigenvalue weighted by atomic mass is 79.9. The Kier molecular flexibility index (Phi) is 4.23. The van der Waals surface area contributed by atoms with Crippen LogP contribution in [0.5, 0.6) is 0 Å². The van der Waals surface area contributed by atoms with Crippen molar-refractivity contribution in [1.29, 1.82) is 0 Å². The quantitative estimate of drug-likeness (QED) is 0.826. The number of hydrogen-bond donors (Lipinski definition) is 2. The second-order valence-electron chi connectivity index (χ2n) is 5.33. The molecule has 19 heavy (non-hydrogen) atoms. The molecule has 0 amide bonds. The number of nitrogens with two attached hydrogens (primary N) is 1. The molecule has 3 unspecified atom stereocenters. The fraction of sp³-hybridized carbons (Fsp3) is 0.538. The smallest absolute Gasteiger partial charge is 0.241 e. The van der Waals surface area contributed by atoms with Crippen molar-refractivity contribution in [2.45, 2.75) is 37.6 Å². The Morgan fingerprint density at radius 2 is 2.00 bits per heavy atom. The highest BCUT2D eigenvalue weighted by molar-refractivity contribution is 9.10. The molecule has 1 fully saturated rings. The van der Waals surface area contributed by atoms with Gasteiger partial charge in [0.1, 0.15) is 0 Å². The number of nitrogen functional groups attached to an aromatic ring is 1. The molecule has 1 aliphatic carbocycles. The number of benzene rings is 1. The molecular weight excluding hydrogens is 328 g/mol. The van der Waals surface area contributed by atoms with E-state index in [1.54, 1.807) is 12.1 Å². The van der Waals surface area contributed by atoms with Gasteiger partial charge in [-0.25, -0.2) is 13.1 Å². The third-order valence-corrected chi connectivity index (χ3v) is 6.48. The summed E-state index contributed by atoms with van der Waals surface area (Å²) in [4.78, 5) is 0.244. The van der Waals surface area contributed by atoms with Crippen LogP contribution in [-0.4, -0.2) is 14.5 Å². The Bertz CT molecular complexity index is 574. The normalized spacial score (nSPS) is 27.6. The molecule has 0 saturated heterocycles. The van der Waals surface area contributed by atoms with E-state index in [0.29, 0.717) is 22.0 Å². The van der Waals surface area contributed by atoms with Crippen LogP contribution in [0.1, 0.15) is 26.7 Å². The monoisotopic (exact) mass is 346 g/mol. The number of hydrogen-bond acceptors (Lipinski definition) is 3. The van der Waals surface area contributed by atoms with Crippen LogP contribution in [0.4, 0.5) is 5.69 Å². The second kappa shape index (κ2) is 5.42. The summed E-state index contributed by atoms with van der Waals surface area (Å²) in [5.74, 6) is 0.921. The van der Waals surface area contributed by atoms with E-state index in [2.05, 4.69) is 34.5 Å². The molecule has 106 valence electrons. The fourth-order valence-corrected chi connectivity index (χ4v) is 4.99. The lowest BCUT2D eigenvalue weighted by Crippen LogP contribution is -2.37. The van der Waals surface area contributed by atoms with Crippen molar-refractivity contribution in [2.75, 3.05) is 5.73 Å². The Morgan fingerprint density at radius 3 is 2.53 bits per heavy atom. The lowest BCUT2D eigenvalue weighted by atomic mass is 9.98. The van der Waals surface area contributed by atoms with Crippen molar-refractivity contribution in [3.8, 4) is 0 Å². The minimum atomic E-state index is -3.50. The minimum Gasteiger partial charge on any atom is -0.399 e. The first-order chi connectivity index (χ1) is 8.81. The number of anilines is 1. The van der Waals surface area contributed by atoms with Gasteiger partial charge in [0.2, 0.25) is 10.0 Å². The molecule has 6 heteroatoms. The molecule has 3 N–H and O–H groups in total. The number of halogens is 1. The van der Waals surface area contributed by atoms with Gasteiger partial charge in [0.15, 0.2) is 0 Å². The third-order valence-electron chi connectivity index (χ3n) is 4.02. The maximum absolute atomic E-state index is 12.4. The van der Waals surface area contributed by atoms with Gasteiger partial charge in [-0.3, -0.25) is 0 Å². The minimum absolute atomic E-state index is 0.0180. The molecule has 1 aromatic rings.